The van der Waals surface area contributed by atoms with E-state index < -0.39 is 11.8 Å². The quantitative estimate of drug-likeness (QED) is 0.466. The number of ether oxygens (including phenoxy) is 1. The zero-order chi connectivity index (χ0) is 20.4. The second-order valence-electron chi connectivity index (χ2n) is 6.72. The number of carbonyl (C=O) groups excluding carboxylic acids is 1. The number of rotatable bonds is 5. The average molecular weight is 409 g/mol. The van der Waals surface area contributed by atoms with Crippen LogP contribution in [0.2, 0.25) is 0 Å². The van der Waals surface area contributed by atoms with E-state index in [2.05, 4.69) is 4.98 Å². The first-order valence-electron chi connectivity index (χ1n) is 9.11. The molecule has 0 amide bonds. The maximum Gasteiger partial charge on any atom is 1.00 e. The molecule has 0 atom stereocenters. The smallest absolute Gasteiger partial charge is 0.545 e. The number of benzene rings is 3. The maximum absolute atomic E-state index is 13.6. The average Bonchev–Trinajstić information content (AvgIpc) is 2.73. The molecule has 0 aliphatic rings. The summed E-state index contributed by atoms with van der Waals surface area (Å²) in [6.45, 7) is 1.80. The molecule has 144 valence electrons. The van der Waals surface area contributed by atoms with E-state index in [-0.39, 0.29) is 53.0 Å². The fraction of sp³-hybridized carbons (Fsp3) is 0.0833. The molecule has 0 saturated carbocycles. The number of aromatic nitrogens is 1. The molecule has 1 heterocycles. The summed E-state index contributed by atoms with van der Waals surface area (Å²) in [5, 5.41) is 11.8. The Morgan fingerprint density at radius 3 is 2.33 bits per heavy atom. The summed E-state index contributed by atoms with van der Waals surface area (Å²) in [6.07, 6.45) is 0. The zero-order valence-electron chi connectivity index (χ0n) is 16.7. The molecule has 0 fully saturated rings. The standard InChI is InChI=1S/C24H18FNO3.Na/c1-15-22(24(27)28)20-13-19(25)11-12-21(20)26-23(15)29-14-16-7-9-18(10-8-16)17-5-3-2-4-6-17;/h2-13H,14H2,1H3,(H,27,28);/q;+1/p-1. The Morgan fingerprint density at radius 2 is 1.67 bits per heavy atom. The molecule has 0 saturated heterocycles. The monoisotopic (exact) mass is 409 g/mol. The van der Waals surface area contributed by atoms with Crippen LogP contribution in [0.1, 0.15) is 21.5 Å². The van der Waals surface area contributed by atoms with Gasteiger partial charge in [-0.15, -0.1) is 0 Å². The fourth-order valence-corrected chi connectivity index (χ4v) is 3.29. The summed E-state index contributed by atoms with van der Waals surface area (Å²) >= 11 is 0. The Bertz CT molecular complexity index is 1190. The second kappa shape index (κ2) is 9.39. The molecule has 0 aliphatic carbocycles. The van der Waals surface area contributed by atoms with Crippen LogP contribution < -0.4 is 39.4 Å². The van der Waals surface area contributed by atoms with Gasteiger partial charge in [-0.25, -0.2) is 9.37 Å². The number of carboxylic acids is 1. The first kappa shape index (κ1) is 22.0. The summed E-state index contributed by atoms with van der Waals surface area (Å²) < 4.78 is 19.4. The van der Waals surface area contributed by atoms with Gasteiger partial charge < -0.3 is 14.6 Å². The van der Waals surface area contributed by atoms with Gasteiger partial charge in [-0.3, -0.25) is 0 Å². The van der Waals surface area contributed by atoms with Gasteiger partial charge in [0, 0.05) is 16.5 Å². The van der Waals surface area contributed by atoms with Crippen molar-refractivity contribution in [3.05, 3.63) is 95.3 Å². The number of aromatic carboxylic acids is 1. The van der Waals surface area contributed by atoms with Crippen LogP contribution in [-0.4, -0.2) is 11.0 Å². The minimum atomic E-state index is -1.39. The summed E-state index contributed by atoms with van der Waals surface area (Å²) in [7, 11) is 0. The number of carbonyl (C=O) groups is 1. The molecule has 0 N–H and O–H groups in total. The Hall–Kier alpha value is -2.73. The van der Waals surface area contributed by atoms with Crippen molar-refractivity contribution in [3.8, 4) is 17.0 Å². The number of hydrogen-bond acceptors (Lipinski definition) is 4. The molecule has 4 aromatic rings. The molecule has 30 heavy (non-hydrogen) atoms. The number of pyridine rings is 1. The molecule has 0 radical (unpaired) electrons. The number of fused-ring (bicyclic) bond motifs is 1. The van der Waals surface area contributed by atoms with Crippen molar-refractivity contribution in [2.45, 2.75) is 13.5 Å². The molecular weight excluding hydrogens is 392 g/mol. The first-order chi connectivity index (χ1) is 14.0. The van der Waals surface area contributed by atoms with Gasteiger partial charge in [-0.1, -0.05) is 54.6 Å². The largest absolute Gasteiger partial charge is 1.00 e. The summed E-state index contributed by atoms with van der Waals surface area (Å²) in [5.41, 5.74) is 3.67. The van der Waals surface area contributed by atoms with Crippen molar-refractivity contribution in [2.75, 3.05) is 0 Å². The van der Waals surface area contributed by atoms with Crippen LogP contribution in [0, 0.1) is 12.7 Å². The molecule has 0 unspecified atom stereocenters. The second-order valence-corrected chi connectivity index (χ2v) is 6.72. The Balaban J connectivity index is 0.00000256. The van der Waals surface area contributed by atoms with Crippen molar-refractivity contribution in [1.29, 1.82) is 0 Å². The van der Waals surface area contributed by atoms with E-state index in [4.69, 9.17) is 4.74 Å². The first-order valence-corrected chi connectivity index (χ1v) is 9.11. The Labute approximate surface area is 195 Å². The van der Waals surface area contributed by atoms with E-state index >= 15 is 0 Å². The third-order valence-corrected chi connectivity index (χ3v) is 4.79. The number of halogens is 1. The number of nitrogens with zero attached hydrogens (tertiary/aromatic N) is 1. The van der Waals surface area contributed by atoms with Gasteiger partial charge in [-0.05, 0) is 41.8 Å². The molecule has 4 rings (SSSR count). The third kappa shape index (κ3) is 4.54. The van der Waals surface area contributed by atoms with Crippen LogP contribution in [0.5, 0.6) is 5.88 Å². The van der Waals surface area contributed by atoms with Crippen molar-refractivity contribution < 1.29 is 48.6 Å². The van der Waals surface area contributed by atoms with Crippen LogP contribution in [-0.2, 0) is 6.61 Å². The predicted octanol–water partition coefficient (Wildman–Crippen LogP) is 1.30. The van der Waals surface area contributed by atoms with Gasteiger partial charge in [-0.2, -0.15) is 0 Å². The Morgan fingerprint density at radius 1 is 1.00 bits per heavy atom. The molecule has 4 nitrogen and oxygen atoms in total. The number of carboxylic acid groups (broad SMARTS) is 1. The fourth-order valence-electron chi connectivity index (χ4n) is 3.29. The molecule has 6 heteroatoms. The van der Waals surface area contributed by atoms with Crippen LogP contribution in [0.15, 0.2) is 72.8 Å². The van der Waals surface area contributed by atoms with Crippen molar-refractivity contribution in [3.63, 3.8) is 0 Å². The van der Waals surface area contributed by atoms with E-state index in [1.807, 2.05) is 54.6 Å². The summed E-state index contributed by atoms with van der Waals surface area (Å²) in [4.78, 5) is 16.0. The molecule has 0 aliphatic heterocycles. The summed E-state index contributed by atoms with van der Waals surface area (Å²) in [5.74, 6) is -1.73. The van der Waals surface area contributed by atoms with Gasteiger partial charge in [0.15, 0.2) is 0 Å². The van der Waals surface area contributed by atoms with Crippen molar-refractivity contribution in [1.82, 2.24) is 4.98 Å². The topological polar surface area (TPSA) is 62.2 Å². The minimum absolute atomic E-state index is 0. The zero-order valence-corrected chi connectivity index (χ0v) is 18.7. The molecule has 0 spiro atoms. The third-order valence-electron chi connectivity index (χ3n) is 4.79. The van der Waals surface area contributed by atoms with Crippen LogP contribution in [0.25, 0.3) is 22.0 Å². The van der Waals surface area contributed by atoms with Gasteiger partial charge >= 0.3 is 29.6 Å². The normalized spacial score (nSPS) is 10.5. The van der Waals surface area contributed by atoms with E-state index in [0.717, 1.165) is 22.8 Å². The van der Waals surface area contributed by atoms with Crippen LogP contribution in [0.3, 0.4) is 0 Å². The SMILES string of the molecule is Cc1c(OCc2ccc(-c3ccccc3)cc2)nc2ccc(F)cc2c1C(=O)[O-].[Na+]. The number of hydrogen-bond donors (Lipinski definition) is 0. The Kier molecular flexibility index (Phi) is 6.87. The van der Waals surface area contributed by atoms with Crippen LogP contribution >= 0.6 is 0 Å². The van der Waals surface area contributed by atoms with E-state index in [0.29, 0.717) is 11.1 Å². The molecule has 3 aromatic carbocycles. The van der Waals surface area contributed by atoms with E-state index in [1.54, 1.807) is 6.92 Å². The van der Waals surface area contributed by atoms with Gasteiger partial charge in [0.1, 0.15) is 12.4 Å². The van der Waals surface area contributed by atoms with Crippen LogP contribution in [0.4, 0.5) is 4.39 Å². The van der Waals surface area contributed by atoms with Gasteiger partial charge in [0.25, 0.3) is 0 Å². The molecule has 0 bridgehead atoms. The molecule has 1 aromatic heterocycles. The van der Waals surface area contributed by atoms with Gasteiger partial charge in [0.05, 0.1) is 11.5 Å². The maximum atomic E-state index is 13.6. The van der Waals surface area contributed by atoms with Crippen molar-refractivity contribution in [2.24, 2.45) is 0 Å². The van der Waals surface area contributed by atoms with E-state index in [1.165, 1.54) is 12.1 Å². The molecular formula is C24H17FNNaO3. The van der Waals surface area contributed by atoms with Gasteiger partial charge in [0.2, 0.25) is 5.88 Å². The van der Waals surface area contributed by atoms with E-state index in [9.17, 15) is 14.3 Å². The van der Waals surface area contributed by atoms with Crippen molar-refractivity contribution >= 4 is 16.9 Å². The minimum Gasteiger partial charge on any atom is -0.545 e. The predicted molar refractivity (Wildman–Crippen MR) is 107 cm³/mol. The summed E-state index contributed by atoms with van der Waals surface area (Å²) in [6, 6.07) is 21.7.